The van der Waals surface area contributed by atoms with Crippen LogP contribution in [-0.4, -0.2) is 76.0 Å². The number of H-pyrrole nitrogens is 1. The second-order valence-electron chi connectivity index (χ2n) is 13.3. The molecule has 5 fully saturated rings. The summed E-state index contributed by atoms with van der Waals surface area (Å²) < 4.78 is 25.3. The van der Waals surface area contributed by atoms with E-state index in [9.17, 15) is 19.8 Å². The number of nitrogens with one attached hydrogen (secondary N) is 1. The van der Waals surface area contributed by atoms with E-state index in [0.717, 1.165) is 17.6 Å². The number of carbonyl (C=O) groups excluding carboxylic acids is 2. The molecule has 1 spiro atoms. The van der Waals surface area contributed by atoms with E-state index in [4.69, 9.17) is 18.9 Å². The lowest BCUT2D eigenvalue weighted by Gasteiger charge is -2.59. The van der Waals surface area contributed by atoms with Gasteiger partial charge in [-0.25, -0.2) is 9.59 Å². The van der Waals surface area contributed by atoms with Crippen LogP contribution < -0.4 is 0 Å². The minimum absolute atomic E-state index is 0.0585. The fourth-order valence-electron chi connectivity index (χ4n) is 10.1. The summed E-state index contributed by atoms with van der Waals surface area (Å²) in [6.07, 6.45) is -0.303. The zero-order valence-electron chi connectivity index (χ0n) is 23.3. The third-order valence-electron chi connectivity index (χ3n) is 11.8. The summed E-state index contributed by atoms with van der Waals surface area (Å²) in [6, 6.07) is 3.43. The molecule has 9 nitrogen and oxygen atoms in total. The van der Waals surface area contributed by atoms with Crippen molar-refractivity contribution in [3.63, 3.8) is 0 Å². The monoisotopic (exact) mass is 541 g/mol. The van der Waals surface area contributed by atoms with Crippen LogP contribution in [0.1, 0.15) is 57.9 Å². The predicted molar refractivity (Wildman–Crippen MR) is 137 cm³/mol. The molecule has 6 aliphatic rings. The van der Waals surface area contributed by atoms with Gasteiger partial charge < -0.3 is 34.1 Å². The number of aromatic nitrogens is 1. The zero-order valence-corrected chi connectivity index (χ0v) is 23.3. The number of rotatable bonds is 4. The number of fused-ring (bicyclic) bond motifs is 3. The van der Waals surface area contributed by atoms with Crippen molar-refractivity contribution in [3.8, 4) is 0 Å². The van der Waals surface area contributed by atoms with E-state index in [1.54, 1.807) is 32.4 Å². The standard InChI is InChI=1S/C30H39NO8/c1-12-20-14(3)30-18(11-29(20,36-6)27(35)38-22(12)15(4)32)16-10-17(16)28(5)24(30)21(33)13(2)23(25(28)39-30)37-26(34)19-8-7-9-31-19/h7-9,12-13,15-18,21-25,31-33H,10-11H2,1-6H3. The van der Waals surface area contributed by atoms with Crippen LogP contribution in [0, 0.1) is 40.9 Å². The molecule has 3 N–H and O–H groups in total. The summed E-state index contributed by atoms with van der Waals surface area (Å²) in [5, 5.41) is 22.6. The Morgan fingerprint density at radius 3 is 2.67 bits per heavy atom. The fraction of sp³-hybridized carbons (Fsp3) is 0.733. The average molecular weight is 542 g/mol. The molecule has 0 aromatic carbocycles. The molecule has 3 saturated carbocycles. The number of esters is 2. The summed E-state index contributed by atoms with van der Waals surface area (Å²) >= 11 is 0. The number of aliphatic hydroxyl groups excluding tert-OH is 2. The zero-order chi connectivity index (χ0) is 27.8. The first-order chi connectivity index (χ1) is 18.4. The molecule has 2 saturated heterocycles. The first-order valence-corrected chi connectivity index (χ1v) is 14.3. The smallest absolute Gasteiger partial charge is 0.355 e. The Morgan fingerprint density at radius 1 is 1.28 bits per heavy atom. The molecular weight excluding hydrogens is 502 g/mol. The molecule has 3 heterocycles. The minimum atomic E-state index is -1.25. The average Bonchev–Trinajstić information content (AvgIpc) is 3.47. The van der Waals surface area contributed by atoms with Crippen LogP contribution >= 0.6 is 0 Å². The Morgan fingerprint density at radius 2 is 2.03 bits per heavy atom. The summed E-state index contributed by atoms with van der Waals surface area (Å²) in [5.74, 6) is -1.26. The normalized spacial score (nSPS) is 51.8. The van der Waals surface area contributed by atoms with Crippen LogP contribution in [0.2, 0.25) is 0 Å². The highest BCUT2D eigenvalue weighted by atomic mass is 16.6. The van der Waals surface area contributed by atoms with E-state index in [0.29, 0.717) is 18.0 Å². The van der Waals surface area contributed by atoms with Gasteiger partial charge in [-0.05, 0) is 67.7 Å². The Labute approximate surface area is 228 Å². The number of aromatic amines is 1. The second-order valence-corrected chi connectivity index (χ2v) is 13.3. The first-order valence-electron chi connectivity index (χ1n) is 14.3. The Balaban J connectivity index is 1.39. The highest BCUT2D eigenvalue weighted by molar-refractivity contribution is 5.88. The number of aliphatic hydroxyl groups is 2. The highest BCUT2D eigenvalue weighted by Crippen LogP contribution is 2.80. The molecule has 39 heavy (non-hydrogen) atoms. The van der Waals surface area contributed by atoms with Gasteiger partial charge in [-0.3, -0.25) is 0 Å². The van der Waals surface area contributed by atoms with Crippen molar-refractivity contribution in [2.24, 2.45) is 40.9 Å². The largest absolute Gasteiger partial charge is 0.457 e. The molecule has 14 unspecified atom stereocenters. The van der Waals surface area contributed by atoms with Crippen molar-refractivity contribution in [2.45, 2.75) is 89.2 Å². The van der Waals surface area contributed by atoms with Gasteiger partial charge in [0.15, 0.2) is 5.60 Å². The molecule has 212 valence electrons. The molecule has 4 bridgehead atoms. The lowest BCUT2D eigenvalue weighted by molar-refractivity contribution is -0.202. The molecule has 7 rings (SSSR count). The van der Waals surface area contributed by atoms with Crippen LogP contribution in [0.15, 0.2) is 29.5 Å². The molecule has 1 aromatic heterocycles. The highest BCUT2D eigenvalue weighted by Gasteiger charge is 2.84. The lowest BCUT2D eigenvalue weighted by atomic mass is 9.46. The van der Waals surface area contributed by atoms with Gasteiger partial charge in [-0.2, -0.15) is 0 Å². The van der Waals surface area contributed by atoms with Gasteiger partial charge in [0, 0.05) is 36.5 Å². The maximum atomic E-state index is 13.6. The summed E-state index contributed by atoms with van der Waals surface area (Å²) in [4.78, 5) is 29.6. The van der Waals surface area contributed by atoms with E-state index < -0.39 is 59.1 Å². The Hall–Kier alpha value is -2.20. The van der Waals surface area contributed by atoms with Gasteiger partial charge in [0.05, 0.1) is 17.8 Å². The topological polar surface area (TPSA) is 127 Å². The minimum Gasteiger partial charge on any atom is -0.457 e. The molecule has 14 atom stereocenters. The fourth-order valence-corrected chi connectivity index (χ4v) is 10.1. The van der Waals surface area contributed by atoms with Crippen molar-refractivity contribution in [1.82, 2.24) is 4.98 Å². The molecule has 1 aromatic rings. The van der Waals surface area contributed by atoms with Crippen molar-refractivity contribution in [1.29, 1.82) is 0 Å². The van der Waals surface area contributed by atoms with Gasteiger partial charge in [0.25, 0.3) is 0 Å². The molecule has 0 amide bonds. The second kappa shape index (κ2) is 7.96. The van der Waals surface area contributed by atoms with E-state index in [-0.39, 0.29) is 29.6 Å². The number of hydrogen-bond acceptors (Lipinski definition) is 8. The van der Waals surface area contributed by atoms with Gasteiger partial charge >= 0.3 is 11.9 Å². The molecular formula is C30H39NO8. The third-order valence-corrected chi connectivity index (χ3v) is 11.8. The van der Waals surface area contributed by atoms with E-state index in [2.05, 4.69) is 11.9 Å². The third kappa shape index (κ3) is 2.85. The van der Waals surface area contributed by atoms with E-state index in [1.165, 1.54) is 0 Å². The van der Waals surface area contributed by atoms with Crippen molar-refractivity contribution < 1.29 is 38.7 Å². The summed E-state index contributed by atoms with van der Waals surface area (Å²) in [7, 11) is 1.56. The maximum Gasteiger partial charge on any atom is 0.355 e. The number of ether oxygens (including phenoxy) is 4. The van der Waals surface area contributed by atoms with Gasteiger partial charge in [-0.15, -0.1) is 0 Å². The van der Waals surface area contributed by atoms with E-state index in [1.807, 2.05) is 20.8 Å². The first kappa shape index (κ1) is 25.7. The van der Waals surface area contributed by atoms with Crippen LogP contribution in [-0.2, 0) is 23.7 Å². The van der Waals surface area contributed by atoms with E-state index >= 15 is 0 Å². The van der Waals surface area contributed by atoms with Crippen LogP contribution in [0.4, 0.5) is 0 Å². The molecule has 2 aliphatic heterocycles. The van der Waals surface area contributed by atoms with Crippen LogP contribution in [0.25, 0.3) is 0 Å². The maximum absolute atomic E-state index is 13.6. The van der Waals surface area contributed by atoms with Gasteiger partial charge in [-0.1, -0.05) is 20.8 Å². The molecule has 0 radical (unpaired) electrons. The molecule has 9 heteroatoms. The quantitative estimate of drug-likeness (QED) is 0.392. The van der Waals surface area contributed by atoms with Crippen molar-refractivity contribution in [2.75, 3.05) is 7.11 Å². The lowest BCUT2D eigenvalue weighted by Crippen LogP contribution is -2.68. The number of methoxy groups -OCH3 is 1. The Bertz CT molecular complexity index is 1260. The Kier molecular flexibility index (Phi) is 5.26. The van der Waals surface area contributed by atoms with Gasteiger partial charge in [0.1, 0.15) is 24.0 Å². The van der Waals surface area contributed by atoms with Crippen LogP contribution in [0.5, 0.6) is 0 Å². The SMILES string of the molecule is COC12CC3C4CC4C4(C)C5OC3(C(C)=C1C(C)C(C(C)O)OC2=O)C4C(O)C(C)C5OC(=O)c1ccc[nH]1. The molecule has 4 aliphatic carbocycles. The van der Waals surface area contributed by atoms with Crippen LogP contribution in [0.3, 0.4) is 0 Å². The summed E-state index contributed by atoms with van der Waals surface area (Å²) in [5.41, 5.74) is -0.402. The number of cyclic esters (lactones) is 1. The van der Waals surface area contributed by atoms with Crippen molar-refractivity contribution in [3.05, 3.63) is 35.2 Å². The summed E-state index contributed by atoms with van der Waals surface area (Å²) in [6.45, 7) is 9.76. The van der Waals surface area contributed by atoms with Crippen molar-refractivity contribution >= 4 is 11.9 Å². The number of carbonyl (C=O) groups is 2. The van der Waals surface area contributed by atoms with Gasteiger partial charge in [0.2, 0.25) is 0 Å². The predicted octanol–water partition coefficient (Wildman–Crippen LogP) is 2.62. The number of hydrogen-bond donors (Lipinski definition) is 3.